The molecule has 0 amide bonds. The quantitative estimate of drug-likeness (QED) is 0.394. The number of fused-ring (bicyclic) bond motifs is 1. The molecule has 175 valence electrons. The smallest absolute Gasteiger partial charge is 0.132 e. The third kappa shape index (κ3) is 16.3. The van der Waals surface area contributed by atoms with E-state index in [0.29, 0.717) is 0 Å². The van der Waals surface area contributed by atoms with Crippen LogP contribution in [0.2, 0.25) is 0 Å². The molecule has 3 heteroatoms. The summed E-state index contributed by atoms with van der Waals surface area (Å²) in [6, 6.07) is 12.9. The number of nitrogens with zero attached hydrogens (tertiary/aromatic N) is 1. The molecule has 2 nitrogen and oxygen atoms in total. The largest absolute Gasteiger partial charge is 0.329 e. The molecule has 3 rings (SSSR count). The summed E-state index contributed by atoms with van der Waals surface area (Å²) >= 11 is 0. The van der Waals surface area contributed by atoms with E-state index in [1.54, 1.807) is 6.92 Å². The molecule has 1 aromatic carbocycles. The predicted molar refractivity (Wildman–Crippen MR) is 135 cm³/mol. The first-order chi connectivity index (χ1) is 14.6. The molecule has 1 aliphatic rings. The van der Waals surface area contributed by atoms with Crippen LogP contribution in [0.4, 0.5) is 0 Å². The van der Waals surface area contributed by atoms with Crippen molar-refractivity contribution in [2.24, 2.45) is 5.92 Å². The molecule has 0 saturated carbocycles. The third-order valence-electron chi connectivity index (χ3n) is 4.37. The Morgan fingerprint density at radius 1 is 1.03 bits per heavy atom. The van der Waals surface area contributed by atoms with Crippen molar-refractivity contribution >= 4 is 5.78 Å². The summed E-state index contributed by atoms with van der Waals surface area (Å²) in [5.74, 6) is 0.627. The van der Waals surface area contributed by atoms with Crippen LogP contribution in [-0.2, 0) is 43.9 Å². The number of carbonyl (C=O) groups excluding carboxylic acids is 1. The summed E-state index contributed by atoms with van der Waals surface area (Å²) in [5, 5.41) is 0. The number of ketones is 1. The van der Waals surface area contributed by atoms with E-state index in [1.165, 1.54) is 29.5 Å². The maximum Gasteiger partial charge on any atom is 0.132 e. The number of rotatable bonds is 3. The Kier molecular flexibility index (Phi) is 32.6. The summed E-state index contributed by atoms with van der Waals surface area (Å²) in [4.78, 5) is 15.2. The van der Waals surface area contributed by atoms with Gasteiger partial charge in [0.1, 0.15) is 5.78 Å². The van der Waals surface area contributed by atoms with Crippen LogP contribution in [-0.4, -0.2) is 10.8 Å². The van der Waals surface area contributed by atoms with Crippen LogP contribution in [0.5, 0.6) is 0 Å². The molecular formula is C28H47NOY-2. The van der Waals surface area contributed by atoms with Crippen molar-refractivity contribution in [3.8, 4) is 0 Å². The van der Waals surface area contributed by atoms with Crippen molar-refractivity contribution in [1.82, 2.24) is 4.98 Å². The third-order valence-corrected chi connectivity index (χ3v) is 4.37. The average molecular weight is 503 g/mol. The van der Waals surface area contributed by atoms with Gasteiger partial charge in [-0.3, -0.25) is 4.79 Å². The van der Waals surface area contributed by atoms with E-state index in [-0.39, 0.29) is 50.3 Å². The molecule has 31 heavy (non-hydrogen) atoms. The number of pyridine rings is 1. The molecule has 0 spiro atoms. The zero-order valence-electron chi connectivity index (χ0n) is 22.1. The van der Waals surface area contributed by atoms with Gasteiger partial charge in [-0.15, -0.1) is 5.56 Å². The summed E-state index contributed by atoms with van der Waals surface area (Å²) < 4.78 is 0. The zero-order valence-corrected chi connectivity index (χ0v) is 25.0. The fraction of sp³-hybridized carbons (Fsp3) is 0.536. The molecule has 1 aliphatic carbocycles. The molecule has 1 heterocycles. The molecule has 2 aromatic rings. The Bertz CT molecular complexity index is 590. The van der Waals surface area contributed by atoms with Gasteiger partial charge < -0.3 is 4.98 Å². The van der Waals surface area contributed by atoms with E-state index in [1.807, 2.05) is 99.0 Å². The van der Waals surface area contributed by atoms with Crippen molar-refractivity contribution in [1.29, 1.82) is 0 Å². The normalized spacial score (nSPS) is 11.3. The molecule has 0 saturated heterocycles. The van der Waals surface area contributed by atoms with Crippen LogP contribution in [0, 0.1) is 18.4 Å². The number of hydrogen-bond donors (Lipinski definition) is 0. The molecule has 0 bridgehead atoms. The number of aromatic nitrogens is 1. The number of aryl methyl sites for hydroxylation is 1. The summed E-state index contributed by atoms with van der Waals surface area (Å²) in [6.07, 6.45) is 8.43. The minimum atomic E-state index is 0. The predicted octanol–water partition coefficient (Wildman–Crippen LogP) is 8.50. The molecule has 0 N–H and O–H groups in total. The standard InChI is InChI=1S/C12H15O.C8H8N.4C2H6.Y/c1-9(11(3)13)10(2)12-7-5-4-6-8-12;1-2-7-4-5-9-6-8(7)3-1;4*1-2;/h4-5,7-10H,1-3H3;3-6H,1-2H2;4*1-2H3;/q2*-1;;;;;. The van der Waals surface area contributed by atoms with Gasteiger partial charge in [0.15, 0.2) is 0 Å². The van der Waals surface area contributed by atoms with Crippen LogP contribution < -0.4 is 0 Å². The van der Waals surface area contributed by atoms with Gasteiger partial charge >= 0.3 is 0 Å². The van der Waals surface area contributed by atoms with Crippen LogP contribution in [0.15, 0.2) is 42.7 Å². The average Bonchev–Trinajstić information content (AvgIpc) is 3.33. The Labute approximate surface area is 219 Å². The Morgan fingerprint density at radius 2 is 1.61 bits per heavy atom. The fourth-order valence-corrected chi connectivity index (χ4v) is 2.56. The summed E-state index contributed by atoms with van der Waals surface area (Å²) in [7, 11) is 0. The van der Waals surface area contributed by atoms with Gasteiger partial charge in [0.05, 0.1) is 0 Å². The Morgan fingerprint density at radius 3 is 2.06 bits per heavy atom. The van der Waals surface area contributed by atoms with Crippen LogP contribution in [0.3, 0.4) is 0 Å². The fourth-order valence-electron chi connectivity index (χ4n) is 2.56. The van der Waals surface area contributed by atoms with Crippen LogP contribution in [0.1, 0.15) is 105 Å². The maximum absolute atomic E-state index is 11.1. The van der Waals surface area contributed by atoms with E-state index in [4.69, 9.17) is 0 Å². The van der Waals surface area contributed by atoms with E-state index >= 15 is 0 Å². The number of Topliss-reactive ketones (excluding diaryl/α,β-unsaturated/α-hetero) is 1. The maximum atomic E-state index is 11.1. The van der Waals surface area contributed by atoms with Gasteiger partial charge in [-0.1, -0.05) is 100 Å². The number of benzene rings is 1. The number of carbonyl (C=O) groups is 1. The van der Waals surface area contributed by atoms with Crippen molar-refractivity contribution in [2.45, 2.75) is 94.9 Å². The Hall–Kier alpha value is -0.986. The molecule has 1 aromatic heterocycles. The van der Waals surface area contributed by atoms with Crippen LogP contribution in [0.25, 0.3) is 0 Å². The molecule has 2 atom stereocenters. The van der Waals surface area contributed by atoms with Gasteiger partial charge in [0.25, 0.3) is 0 Å². The van der Waals surface area contributed by atoms with Gasteiger partial charge in [0, 0.05) is 38.6 Å². The van der Waals surface area contributed by atoms with Gasteiger partial charge in [-0.25, -0.2) is 0 Å². The number of hydrogen-bond acceptors (Lipinski definition) is 2. The van der Waals surface area contributed by atoms with Gasteiger partial charge in [0.2, 0.25) is 0 Å². The molecular weight excluding hydrogens is 455 g/mol. The van der Waals surface area contributed by atoms with Crippen molar-refractivity contribution in [3.05, 3.63) is 71.9 Å². The SMILES string of the molecule is CC.CC.CC.CC.CC(=O)C(C)C(C)c1c[c-]ccc1.[Y].c1cc2c(cn1)[CH-]CC2. The summed E-state index contributed by atoms with van der Waals surface area (Å²) in [5.41, 5.74) is 3.97. The monoisotopic (exact) mass is 502 g/mol. The molecule has 0 aliphatic heterocycles. The first kappa shape index (κ1) is 37.3. The molecule has 1 radical (unpaired) electrons. The first-order valence-electron chi connectivity index (χ1n) is 11.8. The van der Waals surface area contributed by atoms with Crippen molar-refractivity contribution in [2.75, 3.05) is 0 Å². The van der Waals surface area contributed by atoms with E-state index in [2.05, 4.69) is 30.5 Å². The van der Waals surface area contributed by atoms with E-state index in [0.717, 1.165) is 0 Å². The second kappa shape index (κ2) is 27.0. The minimum absolute atomic E-state index is 0. The summed E-state index contributed by atoms with van der Waals surface area (Å²) in [6.45, 7) is 21.7. The van der Waals surface area contributed by atoms with E-state index in [9.17, 15) is 4.79 Å². The van der Waals surface area contributed by atoms with Crippen molar-refractivity contribution in [3.63, 3.8) is 0 Å². The van der Waals surface area contributed by atoms with Gasteiger partial charge in [-0.05, 0) is 13.1 Å². The second-order valence-electron chi connectivity index (χ2n) is 5.84. The molecule has 0 fully saturated rings. The second-order valence-corrected chi connectivity index (χ2v) is 5.84. The van der Waals surface area contributed by atoms with Gasteiger partial charge in [-0.2, -0.15) is 47.9 Å². The zero-order chi connectivity index (χ0) is 23.9. The van der Waals surface area contributed by atoms with E-state index < -0.39 is 0 Å². The molecule has 2 unspecified atom stereocenters. The van der Waals surface area contributed by atoms with Crippen LogP contribution >= 0.6 is 0 Å². The Balaban J connectivity index is -0.000000177. The minimum Gasteiger partial charge on any atom is -0.329 e. The topological polar surface area (TPSA) is 30.0 Å². The van der Waals surface area contributed by atoms with Crippen molar-refractivity contribution < 1.29 is 37.5 Å². The first-order valence-corrected chi connectivity index (χ1v) is 11.8.